The van der Waals surface area contributed by atoms with Crippen LogP contribution in [0.3, 0.4) is 0 Å². The molecule has 0 heterocycles. The second-order valence-electron chi connectivity index (χ2n) is 3.07. The van der Waals surface area contributed by atoms with Crippen LogP contribution in [0.1, 0.15) is 32.6 Å². The molecule has 0 aromatic rings. The van der Waals surface area contributed by atoms with E-state index in [9.17, 15) is 0 Å². The molecular weight excluding hydrogens is 96.1 g/mol. The first-order valence-corrected chi connectivity index (χ1v) is 3.62. The van der Waals surface area contributed by atoms with Gasteiger partial charge in [0.05, 0.1) is 0 Å². The summed E-state index contributed by atoms with van der Waals surface area (Å²) in [6.07, 6.45) is 5.54. The standard InChI is InChI=1S/C8H15/c1-3-7(2)6-8-4-5-8/h7-8H,1,3-6H2,2H3. The Morgan fingerprint density at radius 3 is 2.62 bits per heavy atom. The molecule has 1 radical (unpaired) electrons. The second-order valence-corrected chi connectivity index (χ2v) is 3.07. The minimum absolute atomic E-state index is 0.877. The van der Waals surface area contributed by atoms with Gasteiger partial charge in [-0.15, -0.1) is 0 Å². The molecule has 0 aliphatic heterocycles. The van der Waals surface area contributed by atoms with Crippen LogP contribution in [0.25, 0.3) is 0 Å². The molecule has 0 bridgehead atoms. The van der Waals surface area contributed by atoms with Gasteiger partial charge in [-0.25, -0.2) is 0 Å². The third-order valence-electron chi connectivity index (χ3n) is 1.93. The summed E-state index contributed by atoms with van der Waals surface area (Å²) in [5.41, 5.74) is 0. The second kappa shape index (κ2) is 2.52. The molecule has 0 heteroatoms. The summed E-state index contributed by atoms with van der Waals surface area (Å²) in [6.45, 7) is 6.16. The molecule has 1 aliphatic rings. The third kappa shape index (κ3) is 1.85. The van der Waals surface area contributed by atoms with E-state index in [-0.39, 0.29) is 0 Å². The van der Waals surface area contributed by atoms with Crippen molar-refractivity contribution < 1.29 is 0 Å². The van der Waals surface area contributed by atoms with Gasteiger partial charge in [-0.2, -0.15) is 0 Å². The fourth-order valence-electron chi connectivity index (χ4n) is 1.04. The molecule has 0 N–H and O–H groups in total. The van der Waals surface area contributed by atoms with E-state index < -0.39 is 0 Å². The minimum Gasteiger partial charge on any atom is -0.0625 e. The fraction of sp³-hybridized carbons (Fsp3) is 0.875. The topological polar surface area (TPSA) is 0 Å². The Kier molecular flexibility index (Phi) is 1.93. The van der Waals surface area contributed by atoms with Crippen molar-refractivity contribution in [1.29, 1.82) is 0 Å². The van der Waals surface area contributed by atoms with Gasteiger partial charge in [0.2, 0.25) is 0 Å². The zero-order chi connectivity index (χ0) is 5.98. The molecule has 8 heavy (non-hydrogen) atoms. The van der Waals surface area contributed by atoms with Crippen molar-refractivity contribution in [2.75, 3.05) is 0 Å². The highest BCUT2D eigenvalue weighted by molar-refractivity contribution is 4.75. The summed E-state index contributed by atoms with van der Waals surface area (Å²) < 4.78 is 0. The Bertz CT molecular complexity index is 62.4. The van der Waals surface area contributed by atoms with Gasteiger partial charge in [0, 0.05) is 0 Å². The van der Waals surface area contributed by atoms with E-state index in [4.69, 9.17) is 0 Å². The maximum absolute atomic E-state index is 3.87. The zero-order valence-electron chi connectivity index (χ0n) is 5.69. The lowest BCUT2D eigenvalue weighted by atomic mass is 10.0. The van der Waals surface area contributed by atoms with Gasteiger partial charge in [0.25, 0.3) is 0 Å². The van der Waals surface area contributed by atoms with Crippen LogP contribution < -0.4 is 0 Å². The predicted molar refractivity (Wildman–Crippen MR) is 36.5 cm³/mol. The van der Waals surface area contributed by atoms with Gasteiger partial charge in [-0.05, 0) is 18.3 Å². The molecule has 1 rings (SSSR count). The summed E-state index contributed by atoms with van der Waals surface area (Å²) in [6, 6.07) is 0. The largest absolute Gasteiger partial charge is 0.0625 e. The first-order chi connectivity index (χ1) is 3.83. The molecule has 1 atom stereocenters. The van der Waals surface area contributed by atoms with Crippen LogP contribution in [0.15, 0.2) is 0 Å². The minimum atomic E-state index is 0.877. The predicted octanol–water partition coefficient (Wildman–Crippen LogP) is 2.65. The maximum Gasteiger partial charge on any atom is -0.0412 e. The SMILES string of the molecule is [CH2]CC(C)CC1CC1. The Labute approximate surface area is 52.3 Å². The Hall–Kier alpha value is 0. The van der Waals surface area contributed by atoms with Gasteiger partial charge in [0.1, 0.15) is 0 Å². The molecule has 0 amide bonds. The zero-order valence-corrected chi connectivity index (χ0v) is 5.69. The van der Waals surface area contributed by atoms with Crippen molar-refractivity contribution in [2.45, 2.75) is 32.6 Å². The molecule has 0 saturated heterocycles. The molecule has 0 aromatic carbocycles. The summed E-state index contributed by atoms with van der Waals surface area (Å²) in [5.74, 6) is 1.97. The maximum atomic E-state index is 3.87. The van der Waals surface area contributed by atoms with Gasteiger partial charge in [0.15, 0.2) is 0 Å². The molecule has 1 unspecified atom stereocenters. The van der Waals surface area contributed by atoms with Crippen LogP contribution in [-0.2, 0) is 0 Å². The summed E-state index contributed by atoms with van der Waals surface area (Å²) in [4.78, 5) is 0. The summed E-state index contributed by atoms with van der Waals surface area (Å²) >= 11 is 0. The van der Waals surface area contributed by atoms with E-state index in [2.05, 4.69) is 13.8 Å². The van der Waals surface area contributed by atoms with Crippen molar-refractivity contribution in [3.8, 4) is 0 Å². The van der Waals surface area contributed by atoms with Crippen molar-refractivity contribution in [3.63, 3.8) is 0 Å². The molecule has 47 valence electrons. The highest BCUT2D eigenvalue weighted by Gasteiger charge is 2.22. The average Bonchev–Trinajstić information content (AvgIpc) is 2.50. The molecule has 1 fully saturated rings. The number of hydrogen-bond donors (Lipinski definition) is 0. The lowest BCUT2D eigenvalue weighted by molar-refractivity contribution is 0.501. The van der Waals surface area contributed by atoms with E-state index in [1.165, 1.54) is 19.3 Å². The van der Waals surface area contributed by atoms with Gasteiger partial charge in [-0.3, -0.25) is 0 Å². The van der Waals surface area contributed by atoms with E-state index in [1.54, 1.807) is 0 Å². The number of rotatable bonds is 3. The van der Waals surface area contributed by atoms with Gasteiger partial charge >= 0.3 is 0 Å². The summed E-state index contributed by atoms with van der Waals surface area (Å²) in [5, 5.41) is 0. The van der Waals surface area contributed by atoms with Crippen LogP contribution in [0, 0.1) is 18.8 Å². The molecule has 1 aliphatic carbocycles. The Balaban J connectivity index is 1.98. The van der Waals surface area contributed by atoms with E-state index in [1.807, 2.05) is 0 Å². The van der Waals surface area contributed by atoms with Crippen molar-refractivity contribution in [1.82, 2.24) is 0 Å². The van der Waals surface area contributed by atoms with Crippen molar-refractivity contribution in [2.24, 2.45) is 11.8 Å². The summed E-state index contributed by atoms with van der Waals surface area (Å²) in [7, 11) is 0. The first kappa shape index (κ1) is 6.12. The van der Waals surface area contributed by atoms with Crippen LogP contribution in [0.5, 0.6) is 0 Å². The van der Waals surface area contributed by atoms with Crippen LogP contribution in [-0.4, -0.2) is 0 Å². The van der Waals surface area contributed by atoms with Gasteiger partial charge in [-0.1, -0.05) is 33.1 Å². The van der Waals surface area contributed by atoms with Crippen molar-refractivity contribution in [3.05, 3.63) is 6.92 Å². The quantitative estimate of drug-likeness (QED) is 0.525. The monoisotopic (exact) mass is 111 g/mol. The normalized spacial score (nSPS) is 23.2. The molecule has 1 saturated carbocycles. The van der Waals surface area contributed by atoms with E-state index in [0.29, 0.717) is 0 Å². The first-order valence-electron chi connectivity index (χ1n) is 3.62. The highest BCUT2D eigenvalue weighted by atomic mass is 14.3. The highest BCUT2D eigenvalue weighted by Crippen LogP contribution is 2.35. The molecular formula is C8H15. The van der Waals surface area contributed by atoms with Crippen LogP contribution >= 0.6 is 0 Å². The van der Waals surface area contributed by atoms with Crippen LogP contribution in [0.4, 0.5) is 0 Å². The Morgan fingerprint density at radius 2 is 2.25 bits per heavy atom. The van der Waals surface area contributed by atoms with E-state index >= 15 is 0 Å². The van der Waals surface area contributed by atoms with Gasteiger partial charge < -0.3 is 0 Å². The molecule has 0 nitrogen and oxygen atoms in total. The molecule has 0 spiro atoms. The van der Waals surface area contributed by atoms with Crippen molar-refractivity contribution >= 4 is 0 Å². The van der Waals surface area contributed by atoms with Crippen LogP contribution in [0.2, 0.25) is 0 Å². The lowest BCUT2D eigenvalue weighted by Gasteiger charge is -2.04. The Morgan fingerprint density at radius 1 is 1.62 bits per heavy atom. The fourth-order valence-corrected chi connectivity index (χ4v) is 1.04. The third-order valence-corrected chi connectivity index (χ3v) is 1.93. The lowest BCUT2D eigenvalue weighted by Crippen LogP contribution is -1.91. The van der Waals surface area contributed by atoms with E-state index in [0.717, 1.165) is 18.3 Å². The average molecular weight is 111 g/mol. The smallest absolute Gasteiger partial charge is 0.0412 e. The molecule has 0 aromatic heterocycles. The number of hydrogen-bond acceptors (Lipinski definition) is 0.